The number of aromatic nitrogens is 2. The van der Waals surface area contributed by atoms with Gasteiger partial charge in [0.25, 0.3) is 21.6 Å². The van der Waals surface area contributed by atoms with Crippen molar-refractivity contribution < 1.29 is 37.1 Å². The smallest absolute Gasteiger partial charge is 0.293 e. The number of amides is 1. The van der Waals surface area contributed by atoms with Crippen LogP contribution in [0.3, 0.4) is 0 Å². The molecule has 7 aliphatic rings. The van der Waals surface area contributed by atoms with Crippen LogP contribution < -0.4 is 24.6 Å². The van der Waals surface area contributed by atoms with Gasteiger partial charge in [-0.2, -0.15) is 4.98 Å². The van der Waals surface area contributed by atoms with Gasteiger partial charge in [-0.05, 0) is 155 Å². The monoisotopic (exact) mass is 1010 g/mol. The Hall–Kier alpha value is -5.79. The number of fused-ring (bicyclic) bond motifs is 3. The molecule has 2 aromatic heterocycles. The van der Waals surface area contributed by atoms with Gasteiger partial charge in [0.05, 0.1) is 45.9 Å². The molecule has 5 saturated heterocycles. The number of hydrogen-bond acceptors (Lipinski definition) is 14. The van der Waals surface area contributed by atoms with E-state index in [-0.39, 0.29) is 34.2 Å². The number of piperidine rings is 1. The Bertz CT molecular complexity index is 3020. The second kappa shape index (κ2) is 19.2. The van der Waals surface area contributed by atoms with E-state index < -0.39 is 37.5 Å². The van der Waals surface area contributed by atoms with E-state index in [1.807, 2.05) is 35.4 Å². The van der Waals surface area contributed by atoms with Crippen molar-refractivity contribution >= 4 is 55.4 Å². The molecule has 8 heterocycles. The first-order chi connectivity index (χ1) is 35.3. The normalized spacial score (nSPS) is 25.2. The van der Waals surface area contributed by atoms with Crippen LogP contribution in [0.5, 0.6) is 5.88 Å². The number of hydrogen-bond donors (Lipinski definition) is 3. The number of nitro groups is 1. The lowest BCUT2D eigenvalue weighted by Crippen LogP contribution is -2.55. The highest BCUT2D eigenvalue weighted by molar-refractivity contribution is 7.90. The standard InChI is InChI=1S/C55H66N8O9S/c1-54(2)29-37(16-25-71-54)41-6-3-4-7-42(41)45-8-5-20-61(45)39-30-55(31-39)17-21-60(22-18-55)38-9-11-43(46(27-38)62-48-26-36-13-19-56-51(36)58-53(48)72-50-34-70-33-49(50)62)52(64)59-73(67,68)40-10-12-44(47(28-40)63(65)66)57-32-35-14-23-69-24-15-35/h3-4,6-7,9-13,19,26-28,35,37,39,45,49-50,57H,5,8,14-18,20-25,29-34H2,1-2H3,(H,56,58)(H,59,64)/t37-,45+,49-,50-/m1/s1. The number of H-pyrrole nitrogens is 1. The largest absolute Gasteiger partial charge is 0.468 e. The molecule has 5 aromatic rings. The number of nitrogens with one attached hydrogen (secondary N) is 3. The molecule has 1 amide bonds. The SMILES string of the molecule is CC1(C)C[C@H](c2ccccc2[C@@H]2CCCN2C2CC3(CCN(c4ccc(C(=O)NS(=O)(=O)c5ccc(NCC6CCOCC6)c([N+](=O)[O-])c5)c(N5c6cc7cc[nH]c7nc6O[C@@H]6COC[C@H]65)c4)CC3)C2)CCO1. The molecule has 1 spiro atoms. The second-order valence-corrected chi connectivity index (χ2v) is 23.9. The molecule has 0 bridgehead atoms. The summed E-state index contributed by atoms with van der Waals surface area (Å²) in [7, 11) is -4.60. The summed E-state index contributed by atoms with van der Waals surface area (Å²) in [5.41, 5.74) is 5.80. The number of aromatic amines is 1. The van der Waals surface area contributed by atoms with Crippen LogP contribution in [0, 0.1) is 21.4 Å². The number of benzene rings is 3. The van der Waals surface area contributed by atoms with Gasteiger partial charge < -0.3 is 39.0 Å². The summed E-state index contributed by atoms with van der Waals surface area (Å²) < 4.78 is 54.6. The Labute approximate surface area is 426 Å². The highest BCUT2D eigenvalue weighted by Crippen LogP contribution is 2.55. The summed E-state index contributed by atoms with van der Waals surface area (Å²) in [6, 6.07) is 23.0. The Kier molecular flexibility index (Phi) is 12.6. The van der Waals surface area contributed by atoms with E-state index in [9.17, 15) is 23.3 Å². The van der Waals surface area contributed by atoms with Gasteiger partial charge in [0, 0.05) is 74.9 Å². The molecule has 1 saturated carbocycles. The number of pyridine rings is 1. The molecular formula is C55H66N8O9S. The van der Waals surface area contributed by atoms with Crippen LogP contribution in [-0.4, -0.2) is 117 Å². The number of carbonyl (C=O) groups excluding carboxylic acids is 1. The first kappa shape index (κ1) is 48.2. The number of nitro benzene ring substituents is 1. The predicted molar refractivity (Wildman–Crippen MR) is 278 cm³/mol. The maximum atomic E-state index is 14.7. The molecule has 386 valence electrons. The Balaban J connectivity index is 0.798. The van der Waals surface area contributed by atoms with E-state index in [0.29, 0.717) is 73.9 Å². The van der Waals surface area contributed by atoms with Crippen LogP contribution in [0.15, 0.2) is 83.9 Å². The van der Waals surface area contributed by atoms with Crippen molar-refractivity contribution in [2.24, 2.45) is 11.3 Å². The third-order valence-corrected chi connectivity index (χ3v) is 18.6. The lowest BCUT2D eigenvalue weighted by molar-refractivity contribution is -0.384. The van der Waals surface area contributed by atoms with Crippen molar-refractivity contribution in [3.05, 3.63) is 106 Å². The van der Waals surface area contributed by atoms with Crippen LogP contribution in [0.1, 0.15) is 112 Å². The van der Waals surface area contributed by atoms with Gasteiger partial charge in [0.1, 0.15) is 23.1 Å². The van der Waals surface area contributed by atoms with E-state index in [1.54, 1.807) is 6.07 Å². The minimum absolute atomic E-state index is 0.108. The second-order valence-electron chi connectivity index (χ2n) is 22.2. The van der Waals surface area contributed by atoms with E-state index in [2.05, 4.69) is 62.9 Å². The topological polar surface area (TPSA) is 194 Å². The highest BCUT2D eigenvalue weighted by Gasteiger charge is 2.51. The molecular weight excluding hydrogens is 949 g/mol. The van der Waals surface area contributed by atoms with E-state index in [0.717, 1.165) is 81.9 Å². The molecule has 3 aromatic carbocycles. The average molecular weight is 1020 g/mol. The summed E-state index contributed by atoms with van der Waals surface area (Å²) in [6.45, 7) is 10.4. The minimum Gasteiger partial charge on any atom is -0.468 e. The minimum atomic E-state index is -4.60. The predicted octanol–water partition coefficient (Wildman–Crippen LogP) is 8.98. The zero-order valence-electron chi connectivity index (χ0n) is 41.7. The van der Waals surface area contributed by atoms with Gasteiger partial charge in [-0.1, -0.05) is 24.3 Å². The van der Waals surface area contributed by atoms with E-state index in [4.69, 9.17) is 23.9 Å². The summed E-state index contributed by atoms with van der Waals surface area (Å²) in [5, 5.41) is 16.3. The van der Waals surface area contributed by atoms with Gasteiger partial charge in [-0.25, -0.2) is 13.1 Å². The number of carbonyl (C=O) groups is 1. The fourth-order valence-electron chi connectivity index (χ4n) is 13.3. The highest BCUT2D eigenvalue weighted by atomic mass is 32.2. The van der Waals surface area contributed by atoms with Crippen molar-refractivity contribution in [1.82, 2.24) is 19.6 Å². The molecule has 17 nitrogen and oxygen atoms in total. The maximum absolute atomic E-state index is 14.7. The summed E-state index contributed by atoms with van der Waals surface area (Å²) in [6.07, 6.45) is 12.1. The number of anilines is 4. The molecule has 18 heteroatoms. The van der Waals surface area contributed by atoms with Crippen LogP contribution in [0.25, 0.3) is 11.0 Å². The van der Waals surface area contributed by atoms with Crippen LogP contribution >= 0.6 is 0 Å². The van der Waals surface area contributed by atoms with Crippen molar-refractivity contribution in [3.63, 3.8) is 0 Å². The molecule has 6 fully saturated rings. The zero-order valence-corrected chi connectivity index (χ0v) is 42.5. The molecule has 6 aliphatic heterocycles. The van der Waals surface area contributed by atoms with Crippen LogP contribution in [0.2, 0.25) is 0 Å². The van der Waals surface area contributed by atoms with Crippen molar-refractivity contribution in [1.29, 1.82) is 0 Å². The molecule has 12 rings (SSSR count). The molecule has 0 radical (unpaired) electrons. The molecule has 1 aliphatic carbocycles. The van der Waals surface area contributed by atoms with Crippen molar-refractivity contribution in [2.75, 3.05) is 74.3 Å². The van der Waals surface area contributed by atoms with Crippen molar-refractivity contribution in [3.8, 4) is 5.88 Å². The lowest BCUT2D eigenvalue weighted by atomic mass is 9.59. The molecule has 0 unspecified atom stereocenters. The fourth-order valence-corrected chi connectivity index (χ4v) is 14.3. The summed E-state index contributed by atoms with van der Waals surface area (Å²) in [5.74, 6) is 0.285. The van der Waals surface area contributed by atoms with Crippen LogP contribution in [-0.2, 0) is 24.2 Å². The number of nitrogens with zero attached hydrogens (tertiary/aromatic N) is 5. The summed E-state index contributed by atoms with van der Waals surface area (Å²) >= 11 is 0. The Morgan fingerprint density at radius 3 is 2.49 bits per heavy atom. The quantitative estimate of drug-likeness (QED) is 0.0792. The summed E-state index contributed by atoms with van der Waals surface area (Å²) in [4.78, 5) is 41.2. The average Bonchev–Trinajstić information content (AvgIpc) is 4.18. The fraction of sp³-hybridized carbons (Fsp3) is 0.527. The number of sulfonamides is 1. The third kappa shape index (κ3) is 9.31. The van der Waals surface area contributed by atoms with E-state index in [1.165, 1.54) is 48.9 Å². The first-order valence-corrected chi connectivity index (χ1v) is 27.9. The molecule has 73 heavy (non-hydrogen) atoms. The van der Waals surface area contributed by atoms with Gasteiger partial charge in [-0.15, -0.1) is 0 Å². The van der Waals surface area contributed by atoms with Gasteiger partial charge in [-0.3, -0.25) is 19.8 Å². The number of likely N-dealkylation sites (tertiary alicyclic amines) is 1. The maximum Gasteiger partial charge on any atom is 0.293 e. The van der Waals surface area contributed by atoms with E-state index >= 15 is 0 Å². The first-order valence-electron chi connectivity index (χ1n) is 26.4. The molecule has 3 N–H and O–H groups in total. The van der Waals surface area contributed by atoms with Gasteiger partial charge in [0.15, 0.2) is 0 Å². The van der Waals surface area contributed by atoms with Crippen molar-refractivity contribution in [2.45, 2.75) is 119 Å². The number of ether oxygens (including phenoxy) is 4. The molecule has 4 atom stereocenters. The third-order valence-electron chi connectivity index (χ3n) is 17.2. The lowest BCUT2D eigenvalue weighted by Gasteiger charge is -2.56. The Morgan fingerprint density at radius 1 is 0.890 bits per heavy atom. The van der Waals surface area contributed by atoms with Gasteiger partial charge in [0.2, 0.25) is 5.88 Å². The number of rotatable bonds is 12. The zero-order chi connectivity index (χ0) is 50.1. The Morgan fingerprint density at radius 2 is 1.70 bits per heavy atom. The van der Waals surface area contributed by atoms with Gasteiger partial charge >= 0.3 is 0 Å². The van der Waals surface area contributed by atoms with Crippen LogP contribution in [0.4, 0.5) is 28.4 Å².